The van der Waals surface area contributed by atoms with E-state index in [4.69, 9.17) is 21.4 Å². The zero-order valence-electron chi connectivity index (χ0n) is 16.9. The SMILES string of the molecule is OCC(O)Cn1ccc2ncnc(Nc3ccc(Oc4cccc(C(F)(F)F)c4)c(Cl)c3)c21. The van der Waals surface area contributed by atoms with Gasteiger partial charge >= 0.3 is 6.18 Å². The molecule has 0 saturated heterocycles. The van der Waals surface area contributed by atoms with E-state index < -0.39 is 17.8 Å². The predicted molar refractivity (Wildman–Crippen MR) is 117 cm³/mol. The summed E-state index contributed by atoms with van der Waals surface area (Å²) in [6, 6.07) is 11.0. The summed E-state index contributed by atoms with van der Waals surface area (Å²) in [6.45, 7) is -0.244. The lowest BCUT2D eigenvalue weighted by Crippen LogP contribution is -2.19. The molecule has 172 valence electrons. The number of anilines is 2. The lowest BCUT2D eigenvalue weighted by atomic mass is 10.2. The standard InChI is InChI=1S/C22H18ClF3N4O3/c23-17-9-14(4-5-19(17)33-16-3-1-2-13(8-16)22(24,25)26)29-21-20-18(27-12-28-21)6-7-30(20)10-15(32)11-31/h1-9,12,15,31-32H,10-11H2,(H,27,28,29). The van der Waals surface area contributed by atoms with Crippen molar-refractivity contribution in [1.82, 2.24) is 14.5 Å². The molecule has 11 heteroatoms. The summed E-state index contributed by atoms with van der Waals surface area (Å²) in [7, 11) is 0. The lowest BCUT2D eigenvalue weighted by Gasteiger charge is -2.14. The van der Waals surface area contributed by atoms with Gasteiger partial charge in [0.15, 0.2) is 5.82 Å². The maximum atomic E-state index is 12.9. The molecule has 2 aromatic carbocycles. The van der Waals surface area contributed by atoms with E-state index in [-0.39, 0.29) is 29.7 Å². The molecule has 0 amide bonds. The number of aromatic nitrogens is 3. The van der Waals surface area contributed by atoms with Crippen LogP contribution in [0.1, 0.15) is 5.56 Å². The largest absolute Gasteiger partial charge is 0.456 e. The Morgan fingerprint density at radius 3 is 2.67 bits per heavy atom. The van der Waals surface area contributed by atoms with Crippen LogP contribution in [0.5, 0.6) is 11.5 Å². The quantitative estimate of drug-likeness (QED) is 0.346. The highest BCUT2D eigenvalue weighted by Gasteiger charge is 2.30. The zero-order valence-corrected chi connectivity index (χ0v) is 17.7. The van der Waals surface area contributed by atoms with Gasteiger partial charge in [-0.25, -0.2) is 9.97 Å². The Kier molecular flexibility index (Phi) is 6.41. The lowest BCUT2D eigenvalue weighted by molar-refractivity contribution is -0.137. The highest BCUT2D eigenvalue weighted by Crippen LogP contribution is 2.36. The number of alkyl halides is 3. The van der Waals surface area contributed by atoms with Crippen molar-refractivity contribution >= 4 is 34.1 Å². The van der Waals surface area contributed by atoms with Gasteiger partial charge in [-0.15, -0.1) is 0 Å². The third kappa shape index (κ3) is 5.19. The minimum atomic E-state index is -4.48. The van der Waals surface area contributed by atoms with E-state index in [0.29, 0.717) is 22.5 Å². The van der Waals surface area contributed by atoms with Crippen LogP contribution in [-0.2, 0) is 12.7 Å². The molecule has 1 unspecified atom stereocenters. The number of halogens is 4. The molecule has 0 radical (unpaired) electrons. The molecule has 0 aliphatic carbocycles. The molecule has 3 N–H and O–H groups in total. The van der Waals surface area contributed by atoms with Crippen molar-refractivity contribution in [1.29, 1.82) is 0 Å². The molecule has 1 atom stereocenters. The first kappa shape index (κ1) is 22.8. The fourth-order valence-electron chi connectivity index (χ4n) is 3.22. The fraction of sp³-hybridized carbons (Fsp3) is 0.182. The van der Waals surface area contributed by atoms with Crippen LogP contribution >= 0.6 is 11.6 Å². The van der Waals surface area contributed by atoms with Gasteiger partial charge < -0.3 is 24.8 Å². The van der Waals surface area contributed by atoms with E-state index in [2.05, 4.69) is 15.3 Å². The average Bonchev–Trinajstić information content (AvgIpc) is 3.19. The molecule has 0 saturated carbocycles. The molecule has 0 bridgehead atoms. The zero-order chi connectivity index (χ0) is 23.6. The van der Waals surface area contributed by atoms with Crippen molar-refractivity contribution in [2.75, 3.05) is 11.9 Å². The summed E-state index contributed by atoms with van der Waals surface area (Å²) in [4.78, 5) is 8.45. The van der Waals surface area contributed by atoms with Crippen LogP contribution in [0.25, 0.3) is 11.0 Å². The predicted octanol–water partition coefficient (Wildman–Crippen LogP) is 4.99. The number of rotatable bonds is 7. The van der Waals surface area contributed by atoms with E-state index in [1.165, 1.54) is 24.5 Å². The van der Waals surface area contributed by atoms with E-state index in [0.717, 1.165) is 12.1 Å². The number of ether oxygens (including phenoxy) is 1. The summed E-state index contributed by atoms with van der Waals surface area (Å²) >= 11 is 6.31. The number of nitrogens with one attached hydrogen (secondary N) is 1. The van der Waals surface area contributed by atoms with Gasteiger partial charge in [-0.2, -0.15) is 13.2 Å². The van der Waals surface area contributed by atoms with Gasteiger partial charge in [-0.05, 0) is 42.5 Å². The van der Waals surface area contributed by atoms with Crippen molar-refractivity contribution in [3.63, 3.8) is 0 Å². The Labute approximate surface area is 191 Å². The fourth-order valence-corrected chi connectivity index (χ4v) is 3.44. The molecular formula is C22H18ClF3N4O3. The number of benzene rings is 2. The minimum absolute atomic E-state index is 0.00483. The second-order valence-electron chi connectivity index (χ2n) is 7.16. The van der Waals surface area contributed by atoms with Gasteiger partial charge in [0, 0.05) is 11.9 Å². The van der Waals surface area contributed by atoms with Crippen LogP contribution in [0.15, 0.2) is 61.1 Å². The number of aliphatic hydroxyl groups excluding tert-OH is 2. The van der Waals surface area contributed by atoms with Crippen molar-refractivity contribution in [3.05, 3.63) is 71.6 Å². The van der Waals surface area contributed by atoms with E-state index in [9.17, 15) is 18.3 Å². The summed E-state index contributed by atoms with van der Waals surface area (Å²) in [5, 5.41) is 22.2. The Morgan fingerprint density at radius 1 is 1.12 bits per heavy atom. The van der Waals surface area contributed by atoms with Gasteiger partial charge in [0.25, 0.3) is 0 Å². The first-order valence-corrected chi connectivity index (χ1v) is 10.1. The molecular weight excluding hydrogens is 461 g/mol. The van der Waals surface area contributed by atoms with E-state index in [1.807, 2.05) is 0 Å². The number of fused-ring (bicyclic) bond motifs is 1. The van der Waals surface area contributed by atoms with Gasteiger partial charge in [-0.3, -0.25) is 0 Å². The molecule has 7 nitrogen and oxygen atoms in total. The molecule has 0 aliphatic rings. The normalized spacial score (nSPS) is 12.7. The summed E-state index contributed by atoms with van der Waals surface area (Å²) in [5.41, 5.74) is 0.974. The monoisotopic (exact) mass is 478 g/mol. The minimum Gasteiger partial charge on any atom is -0.456 e. The topological polar surface area (TPSA) is 92.4 Å². The third-order valence-corrected chi connectivity index (χ3v) is 5.05. The maximum Gasteiger partial charge on any atom is 0.416 e. The van der Waals surface area contributed by atoms with Crippen molar-refractivity contribution < 1.29 is 28.1 Å². The molecule has 0 spiro atoms. The van der Waals surface area contributed by atoms with Crippen LogP contribution in [0.4, 0.5) is 24.7 Å². The number of aliphatic hydroxyl groups is 2. The van der Waals surface area contributed by atoms with Crippen LogP contribution in [-0.4, -0.2) is 37.5 Å². The van der Waals surface area contributed by atoms with Crippen molar-refractivity contribution in [3.8, 4) is 11.5 Å². The summed E-state index contributed by atoms with van der Waals surface area (Å²) in [5.74, 6) is 0.631. The molecule has 2 aromatic heterocycles. The molecule has 0 fully saturated rings. The number of hydrogen-bond donors (Lipinski definition) is 3. The number of hydrogen-bond acceptors (Lipinski definition) is 6. The Morgan fingerprint density at radius 2 is 1.94 bits per heavy atom. The van der Waals surface area contributed by atoms with Crippen LogP contribution in [0, 0.1) is 0 Å². The Bertz CT molecular complexity index is 1280. The van der Waals surface area contributed by atoms with Crippen molar-refractivity contribution in [2.24, 2.45) is 0 Å². The first-order valence-electron chi connectivity index (χ1n) is 9.75. The van der Waals surface area contributed by atoms with Crippen molar-refractivity contribution in [2.45, 2.75) is 18.8 Å². The van der Waals surface area contributed by atoms with E-state index >= 15 is 0 Å². The van der Waals surface area contributed by atoms with Gasteiger partial charge in [0.1, 0.15) is 23.3 Å². The Balaban J connectivity index is 1.57. The van der Waals surface area contributed by atoms with E-state index in [1.54, 1.807) is 29.0 Å². The van der Waals surface area contributed by atoms with Crippen LogP contribution in [0.2, 0.25) is 5.02 Å². The van der Waals surface area contributed by atoms with Crippen LogP contribution < -0.4 is 10.1 Å². The van der Waals surface area contributed by atoms with Crippen LogP contribution in [0.3, 0.4) is 0 Å². The molecule has 0 aliphatic heterocycles. The smallest absolute Gasteiger partial charge is 0.416 e. The molecule has 4 rings (SSSR count). The van der Waals surface area contributed by atoms with Gasteiger partial charge in [-0.1, -0.05) is 17.7 Å². The molecule has 4 aromatic rings. The second-order valence-corrected chi connectivity index (χ2v) is 7.57. The average molecular weight is 479 g/mol. The third-order valence-electron chi connectivity index (χ3n) is 4.75. The summed E-state index contributed by atoms with van der Waals surface area (Å²) in [6.07, 6.45) is -2.33. The van der Waals surface area contributed by atoms with Gasteiger partial charge in [0.2, 0.25) is 0 Å². The van der Waals surface area contributed by atoms with Gasteiger partial charge in [0.05, 0.1) is 35.4 Å². The highest BCUT2D eigenvalue weighted by atomic mass is 35.5. The maximum absolute atomic E-state index is 12.9. The molecule has 33 heavy (non-hydrogen) atoms. The number of nitrogens with zero attached hydrogens (tertiary/aromatic N) is 3. The highest BCUT2D eigenvalue weighted by molar-refractivity contribution is 6.32. The Hall–Kier alpha value is -3.34. The second kappa shape index (κ2) is 9.26. The summed E-state index contributed by atoms with van der Waals surface area (Å²) < 4.78 is 46.0. The molecule has 2 heterocycles. The first-order chi connectivity index (χ1) is 15.7.